The summed E-state index contributed by atoms with van der Waals surface area (Å²) >= 11 is 0. The maximum atomic E-state index is 12.2. The monoisotopic (exact) mass is 1300 g/mol. The summed E-state index contributed by atoms with van der Waals surface area (Å²) in [6.07, 6.45) is 58.6. The molecule has 5 unspecified atom stereocenters. The van der Waals surface area contributed by atoms with Gasteiger partial charge in [0.25, 0.3) is 0 Å². The second-order valence-electron chi connectivity index (χ2n) is 36.2. The van der Waals surface area contributed by atoms with Gasteiger partial charge in [-0.2, -0.15) is 0 Å². The molecule has 8 fully saturated rings. The third kappa shape index (κ3) is 24.9. The molecule has 8 rings (SSSR count). The van der Waals surface area contributed by atoms with Crippen LogP contribution in [0, 0.1) is 148 Å². The first-order chi connectivity index (χ1) is 44.8. The maximum Gasteiger partial charge on any atom is 0.305 e. The van der Waals surface area contributed by atoms with Crippen molar-refractivity contribution in [3.05, 3.63) is 0 Å². The van der Waals surface area contributed by atoms with Gasteiger partial charge in [0, 0.05) is 25.7 Å². The lowest BCUT2D eigenvalue weighted by Gasteiger charge is -2.29. The summed E-state index contributed by atoms with van der Waals surface area (Å²) in [4.78, 5) is 48.4. The second kappa shape index (κ2) is 39.6. The first-order valence-corrected chi connectivity index (χ1v) is 41.1. The van der Waals surface area contributed by atoms with Crippen molar-refractivity contribution in [2.45, 2.75) is 337 Å². The molecule has 0 aliphatic heterocycles. The summed E-state index contributed by atoms with van der Waals surface area (Å²) in [5.74, 6) is 19.8. The molecule has 0 spiro atoms. The van der Waals surface area contributed by atoms with Gasteiger partial charge in [-0.05, 0) is 315 Å². The Kier molecular flexibility index (Phi) is 32.6. The average molecular weight is 1300 g/mol. The summed E-state index contributed by atoms with van der Waals surface area (Å²) in [5.41, 5.74) is 0. The van der Waals surface area contributed by atoms with E-state index in [0.717, 1.165) is 124 Å². The van der Waals surface area contributed by atoms with Crippen LogP contribution in [-0.4, -0.2) is 52.3 Å². The van der Waals surface area contributed by atoms with Crippen LogP contribution in [-0.2, 0) is 38.1 Å². The number of esters is 4. The average Bonchev–Trinajstić information content (AvgIpc) is 1.78. The van der Waals surface area contributed by atoms with E-state index in [2.05, 4.69) is 48.5 Å². The number of carbonyl (C=O) groups excluding carboxylic acids is 4. The van der Waals surface area contributed by atoms with E-state index in [-0.39, 0.29) is 23.9 Å². The molecule has 0 aromatic carbocycles. The highest BCUT2D eigenvalue weighted by atomic mass is 16.5. The van der Waals surface area contributed by atoms with Crippen molar-refractivity contribution < 1.29 is 38.1 Å². The topological polar surface area (TPSA) is 105 Å². The van der Waals surface area contributed by atoms with Crippen molar-refractivity contribution in [1.82, 2.24) is 0 Å². The molecule has 0 amide bonds. The first kappa shape index (κ1) is 76.6. The Hall–Kier alpha value is -2.12. The van der Waals surface area contributed by atoms with Crippen molar-refractivity contribution in [2.75, 3.05) is 28.4 Å². The third-order valence-corrected chi connectivity index (χ3v) is 29.6. The van der Waals surface area contributed by atoms with Gasteiger partial charge < -0.3 is 18.9 Å². The molecule has 0 bridgehead atoms. The van der Waals surface area contributed by atoms with Gasteiger partial charge in [-0.1, -0.05) is 145 Å². The first-order valence-electron chi connectivity index (χ1n) is 41.1. The van der Waals surface area contributed by atoms with Crippen LogP contribution in [0.2, 0.25) is 0 Å². The molecular weight excluding hydrogens is 1150 g/mol. The fourth-order valence-electron chi connectivity index (χ4n) is 23.3. The summed E-state index contributed by atoms with van der Waals surface area (Å²) in [5, 5.41) is 0. The van der Waals surface area contributed by atoms with E-state index in [1.165, 1.54) is 263 Å². The Balaban J connectivity index is 0.840. The zero-order chi connectivity index (χ0) is 66.4. The molecular formula is C85H148O8. The van der Waals surface area contributed by atoms with Gasteiger partial charge in [-0.3, -0.25) is 19.2 Å². The van der Waals surface area contributed by atoms with Crippen LogP contribution in [0.15, 0.2) is 0 Å². The predicted molar refractivity (Wildman–Crippen MR) is 383 cm³/mol. The Labute approximate surface area is 572 Å². The Morgan fingerprint density at radius 3 is 0.871 bits per heavy atom. The summed E-state index contributed by atoms with van der Waals surface area (Å²) in [7, 11) is 6.19. The molecule has 0 saturated heterocycles. The van der Waals surface area contributed by atoms with Gasteiger partial charge in [0.15, 0.2) is 0 Å². The lowest BCUT2D eigenvalue weighted by Crippen LogP contribution is -2.17. The van der Waals surface area contributed by atoms with Gasteiger partial charge in [0.05, 0.1) is 28.4 Å². The van der Waals surface area contributed by atoms with E-state index >= 15 is 0 Å². The summed E-state index contributed by atoms with van der Waals surface area (Å²) in [6, 6.07) is 0. The highest BCUT2D eigenvalue weighted by Gasteiger charge is 2.42. The van der Waals surface area contributed by atoms with E-state index in [1.54, 1.807) is 28.4 Å². The molecule has 8 nitrogen and oxygen atoms in total. The zero-order valence-corrected chi connectivity index (χ0v) is 62.5. The van der Waals surface area contributed by atoms with Crippen molar-refractivity contribution in [2.24, 2.45) is 148 Å². The number of methoxy groups -OCH3 is 4. The smallest absolute Gasteiger partial charge is 0.305 e. The molecule has 0 aromatic rings. The van der Waals surface area contributed by atoms with Crippen molar-refractivity contribution in [3.63, 3.8) is 0 Å². The Morgan fingerprint density at radius 1 is 0.269 bits per heavy atom. The van der Waals surface area contributed by atoms with Crippen LogP contribution in [0.3, 0.4) is 0 Å². The minimum atomic E-state index is -0.0158. The number of carbonyl (C=O) groups is 4. The van der Waals surface area contributed by atoms with Crippen molar-refractivity contribution >= 4 is 23.9 Å². The molecule has 0 aromatic heterocycles. The molecule has 0 N–H and O–H groups in total. The molecule has 0 radical (unpaired) electrons. The minimum Gasteiger partial charge on any atom is -0.469 e. The second-order valence-corrected chi connectivity index (χ2v) is 36.2. The fourth-order valence-corrected chi connectivity index (χ4v) is 23.3. The molecule has 8 saturated carbocycles. The van der Waals surface area contributed by atoms with Crippen molar-refractivity contribution in [1.29, 1.82) is 0 Å². The molecule has 0 heterocycles. The van der Waals surface area contributed by atoms with E-state index in [1.807, 2.05) is 0 Å². The van der Waals surface area contributed by atoms with Crippen LogP contribution >= 0.6 is 0 Å². The minimum absolute atomic E-state index is 0.0144. The molecule has 25 atom stereocenters. The van der Waals surface area contributed by atoms with Gasteiger partial charge >= 0.3 is 23.9 Å². The van der Waals surface area contributed by atoms with Crippen LogP contribution in [0.25, 0.3) is 0 Å². The van der Waals surface area contributed by atoms with Crippen LogP contribution in [0.5, 0.6) is 0 Å². The molecule has 8 aliphatic rings. The zero-order valence-electron chi connectivity index (χ0n) is 62.5. The SMILES string of the molecule is COC(=O)C[C@H]1CCC([C@H]2CC[C@H]([C@H](C)CCC[C@H](C)CC[C@H](CCC[C@@H](C)[C@H]3CC[C@H](C4CC[C@H](CC(=O)OC)C4)C3)CC[C@H](CC[C@@H](C)CCC[C@@H](C)[C@H]3CC[C@H](C4CC[C@H](CC(=O)OC)C4)C3)CC(C)C[C@@H](C)[C@H]3CC[C@H](C4CC[C@H](CC(=O)OC)C4)C3)C2)C1. The van der Waals surface area contributed by atoms with Crippen LogP contribution in [0.4, 0.5) is 0 Å². The van der Waals surface area contributed by atoms with Gasteiger partial charge in [0.2, 0.25) is 0 Å². The largest absolute Gasteiger partial charge is 0.469 e. The van der Waals surface area contributed by atoms with Gasteiger partial charge in [-0.15, -0.1) is 0 Å². The van der Waals surface area contributed by atoms with Crippen molar-refractivity contribution in [3.8, 4) is 0 Å². The Morgan fingerprint density at radius 2 is 0.538 bits per heavy atom. The highest BCUT2D eigenvalue weighted by molar-refractivity contribution is 5.70. The quantitative estimate of drug-likeness (QED) is 0.0440. The standard InChI is InChI=1S/C85H148O8/c1-57(15-12-17-60(4)70-35-39-78(53-70)74-31-27-66(45-74)49-82(86)90-8)21-23-64(20-14-19-62(6)72-37-41-80(55-72)76-33-29-68(47-76)51-84(88)92-10)25-26-65(44-59(3)43-63(7)73-38-42-81(56-73)77-34-30-69(48-77)52-85(89)93-11)24-22-58(2)16-13-18-61(5)71-36-40-79(54-71)75-32-28-67(46-75)50-83(87)91-9/h57-81H,12-56H2,1-11H3/t57-,58-,59?,60+,61+,62+,63+,64-,65-,66-,67-,68-,69-,70-,71-,72-,73-,74?,75?,76?,77?,78-,79-,80-,81-/m0/s1. The molecule has 536 valence electrons. The fraction of sp³-hybridized carbons (Fsp3) is 0.953. The maximum absolute atomic E-state index is 12.2. The lowest BCUT2D eigenvalue weighted by atomic mass is 9.77. The van der Waals surface area contributed by atoms with E-state index in [4.69, 9.17) is 18.9 Å². The van der Waals surface area contributed by atoms with Gasteiger partial charge in [-0.25, -0.2) is 0 Å². The number of rotatable bonds is 41. The molecule has 93 heavy (non-hydrogen) atoms. The predicted octanol–water partition coefficient (Wildman–Crippen LogP) is 22.9. The number of hydrogen-bond acceptors (Lipinski definition) is 8. The van der Waals surface area contributed by atoms with E-state index in [0.29, 0.717) is 49.4 Å². The number of hydrogen-bond donors (Lipinski definition) is 0. The Bertz CT molecular complexity index is 2160. The normalized spacial score (nSPS) is 34.3. The summed E-state index contributed by atoms with van der Waals surface area (Å²) in [6.45, 7) is 18.3. The third-order valence-electron chi connectivity index (χ3n) is 29.6. The lowest BCUT2D eigenvalue weighted by molar-refractivity contribution is -0.142. The van der Waals surface area contributed by atoms with Crippen LogP contribution < -0.4 is 0 Å². The highest BCUT2D eigenvalue weighted by Crippen LogP contribution is 2.53. The summed E-state index contributed by atoms with van der Waals surface area (Å²) < 4.78 is 20.2. The van der Waals surface area contributed by atoms with Gasteiger partial charge in [0.1, 0.15) is 0 Å². The van der Waals surface area contributed by atoms with Crippen LogP contribution in [0.1, 0.15) is 337 Å². The number of ether oxygens (including phenoxy) is 4. The van der Waals surface area contributed by atoms with E-state index in [9.17, 15) is 19.2 Å². The van der Waals surface area contributed by atoms with E-state index < -0.39 is 0 Å². The molecule has 8 heteroatoms. The molecule has 8 aliphatic carbocycles.